The van der Waals surface area contributed by atoms with E-state index in [1.165, 1.54) is 11.1 Å². The normalized spacial score (nSPS) is 18.5. The Morgan fingerprint density at radius 3 is 2.32 bits per heavy atom. The van der Waals surface area contributed by atoms with Crippen molar-refractivity contribution in [2.45, 2.75) is 64.9 Å². The van der Waals surface area contributed by atoms with Gasteiger partial charge in [-0.25, -0.2) is 9.48 Å². The fourth-order valence-corrected chi connectivity index (χ4v) is 4.37. The molecule has 1 aliphatic carbocycles. The molecule has 0 spiro atoms. The maximum atomic E-state index is 13.5. The Morgan fingerprint density at radius 1 is 1.16 bits per heavy atom. The lowest BCUT2D eigenvalue weighted by molar-refractivity contribution is -0.124. The minimum atomic E-state index is -5.92. The molecule has 0 N–H and O–H groups in total. The van der Waals surface area contributed by atoms with Gasteiger partial charge < -0.3 is 8.92 Å². The summed E-state index contributed by atoms with van der Waals surface area (Å²) < 4.78 is 70.2. The van der Waals surface area contributed by atoms with Gasteiger partial charge in [-0.05, 0) is 58.4 Å². The van der Waals surface area contributed by atoms with Crippen molar-refractivity contribution in [1.82, 2.24) is 20.0 Å². The number of ether oxygens (including phenoxy) is 1. The zero-order chi connectivity index (χ0) is 27.5. The number of aromatic nitrogens is 4. The van der Waals surface area contributed by atoms with E-state index >= 15 is 0 Å². The van der Waals surface area contributed by atoms with Crippen molar-refractivity contribution >= 4 is 27.8 Å². The number of anilines is 1. The molecule has 37 heavy (non-hydrogen) atoms. The molecule has 15 heteroatoms. The summed E-state index contributed by atoms with van der Waals surface area (Å²) in [6, 6.07) is 1.59. The number of carbonyl (C=O) groups excluding carboxylic acids is 2. The second-order valence-corrected chi connectivity index (χ2v) is 10.5. The Bertz CT molecular complexity index is 1220. The van der Waals surface area contributed by atoms with E-state index in [1.54, 1.807) is 20.8 Å². The second kappa shape index (κ2) is 11.0. The molecule has 0 bridgehead atoms. The van der Waals surface area contributed by atoms with E-state index in [0.717, 1.165) is 29.7 Å². The van der Waals surface area contributed by atoms with Gasteiger partial charge in [-0.2, -0.15) is 21.6 Å². The number of halogens is 3. The minimum absolute atomic E-state index is 0.0187. The highest BCUT2D eigenvalue weighted by atomic mass is 32.2. The summed E-state index contributed by atoms with van der Waals surface area (Å²) in [4.78, 5) is 27.7. The van der Waals surface area contributed by atoms with E-state index in [0.29, 0.717) is 18.8 Å². The highest BCUT2D eigenvalue weighted by Crippen LogP contribution is 2.33. The monoisotopic (exact) mass is 547 g/mol. The standard InChI is InChI=1S/C22H28F3N5O6S/c1-5-35-21(32)16-12-29(17-10-11-18(27-26-17)36-37(33,34)22(23,24)25)28-19(16)30(13(2)3)20(31)15-8-6-14(4)7-9-15/h10-15H,5-9H2,1-4H3/t14-,15-. The molecule has 1 fully saturated rings. The summed E-state index contributed by atoms with van der Waals surface area (Å²) in [7, 11) is -5.92. The predicted molar refractivity (Wildman–Crippen MR) is 124 cm³/mol. The van der Waals surface area contributed by atoms with Crippen LogP contribution in [0.3, 0.4) is 0 Å². The Morgan fingerprint density at radius 2 is 1.81 bits per heavy atom. The summed E-state index contributed by atoms with van der Waals surface area (Å²) >= 11 is 0. The molecule has 2 heterocycles. The lowest BCUT2D eigenvalue weighted by Gasteiger charge is -2.32. The average Bonchev–Trinajstić information content (AvgIpc) is 3.24. The smallest absolute Gasteiger partial charge is 0.462 e. The largest absolute Gasteiger partial charge is 0.534 e. The number of alkyl halides is 3. The molecule has 0 radical (unpaired) electrons. The molecule has 11 nitrogen and oxygen atoms in total. The lowest BCUT2D eigenvalue weighted by atomic mass is 9.82. The van der Waals surface area contributed by atoms with Crippen LogP contribution < -0.4 is 9.08 Å². The number of hydrogen-bond donors (Lipinski definition) is 0. The third kappa shape index (κ3) is 6.37. The highest BCUT2D eigenvalue weighted by Gasteiger charge is 2.49. The van der Waals surface area contributed by atoms with E-state index in [9.17, 15) is 31.2 Å². The van der Waals surface area contributed by atoms with Crippen LogP contribution in [-0.2, 0) is 19.6 Å². The van der Waals surface area contributed by atoms with Crippen molar-refractivity contribution < 1.29 is 40.1 Å². The number of esters is 1. The van der Waals surface area contributed by atoms with Gasteiger partial charge in [0.05, 0.1) is 6.61 Å². The number of hydrogen-bond acceptors (Lipinski definition) is 9. The van der Waals surface area contributed by atoms with Gasteiger partial charge in [0.25, 0.3) is 5.88 Å². The summed E-state index contributed by atoms with van der Waals surface area (Å²) in [5.74, 6) is -1.55. The van der Waals surface area contributed by atoms with E-state index in [-0.39, 0.29) is 41.7 Å². The molecule has 1 amide bonds. The molecule has 2 aromatic heterocycles. The van der Waals surface area contributed by atoms with Gasteiger partial charge in [-0.1, -0.05) is 6.92 Å². The Kier molecular flexibility index (Phi) is 8.45. The van der Waals surface area contributed by atoms with Gasteiger partial charge in [0, 0.05) is 24.2 Å². The zero-order valence-corrected chi connectivity index (χ0v) is 21.5. The third-order valence-corrected chi connectivity index (χ3v) is 6.83. The van der Waals surface area contributed by atoms with Crippen LogP contribution in [0.1, 0.15) is 63.7 Å². The van der Waals surface area contributed by atoms with Crippen molar-refractivity contribution in [1.29, 1.82) is 0 Å². The van der Waals surface area contributed by atoms with Crippen LogP contribution in [0.25, 0.3) is 5.82 Å². The average molecular weight is 548 g/mol. The topological polar surface area (TPSA) is 134 Å². The van der Waals surface area contributed by atoms with Crippen LogP contribution in [0.2, 0.25) is 0 Å². The Balaban J connectivity index is 1.97. The van der Waals surface area contributed by atoms with Crippen LogP contribution in [0.5, 0.6) is 5.88 Å². The summed E-state index contributed by atoms with van der Waals surface area (Å²) in [5, 5.41) is 11.4. The first kappa shape index (κ1) is 28.3. The third-order valence-electron chi connectivity index (χ3n) is 5.88. The van der Waals surface area contributed by atoms with Gasteiger partial charge in [0.2, 0.25) is 5.91 Å². The van der Waals surface area contributed by atoms with Crippen molar-refractivity contribution in [2.75, 3.05) is 11.5 Å². The van der Waals surface area contributed by atoms with Crippen LogP contribution in [0, 0.1) is 11.8 Å². The molecule has 0 atom stereocenters. The quantitative estimate of drug-likeness (QED) is 0.276. The summed E-state index contributed by atoms with van der Waals surface area (Å²) in [6.07, 6.45) is 4.51. The summed E-state index contributed by atoms with van der Waals surface area (Å²) in [6.45, 7) is 7.39. The molecule has 204 valence electrons. The van der Waals surface area contributed by atoms with E-state index in [1.807, 2.05) is 0 Å². The van der Waals surface area contributed by atoms with Crippen molar-refractivity contribution in [3.8, 4) is 11.7 Å². The molecule has 1 saturated carbocycles. The van der Waals surface area contributed by atoms with Crippen LogP contribution in [0.4, 0.5) is 19.0 Å². The fraction of sp³-hybridized carbons (Fsp3) is 0.591. The Hall–Kier alpha value is -3.23. The number of rotatable bonds is 8. The van der Waals surface area contributed by atoms with Crippen molar-refractivity contribution in [3.05, 3.63) is 23.9 Å². The SMILES string of the molecule is CCOC(=O)c1cn(-c2ccc(OS(=O)(=O)C(F)(F)F)nn2)nc1N(C(=O)[C@H]1CC[C@H](C)CC1)C(C)C. The van der Waals surface area contributed by atoms with Crippen LogP contribution in [0.15, 0.2) is 18.3 Å². The highest BCUT2D eigenvalue weighted by molar-refractivity contribution is 7.87. The van der Waals surface area contributed by atoms with Crippen LogP contribution >= 0.6 is 0 Å². The van der Waals surface area contributed by atoms with Crippen molar-refractivity contribution in [2.24, 2.45) is 11.8 Å². The predicted octanol–water partition coefficient (Wildman–Crippen LogP) is 3.64. The molecular formula is C22H28F3N5O6S. The van der Waals surface area contributed by atoms with Gasteiger partial charge in [0.15, 0.2) is 11.6 Å². The number of nitrogens with zero attached hydrogens (tertiary/aromatic N) is 5. The first-order valence-electron chi connectivity index (χ1n) is 11.7. The van der Waals surface area contributed by atoms with E-state index in [4.69, 9.17) is 4.74 Å². The maximum Gasteiger partial charge on any atom is 0.534 e. The molecule has 3 rings (SSSR count). The molecule has 0 aromatic carbocycles. The van der Waals surface area contributed by atoms with E-state index < -0.39 is 27.5 Å². The van der Waals surface area contributed by atoms with Gasteiger partial charge >= 0.3 is 21.6 Å². The first-order chi connectivity index (χ1) is 17.2. The zero-order valence-electron chi connectivity index (χ0n) is 20.7. The number of carbonyl (C=O) groups is 2. The Labute approximate surface area is 212 Å². The maximum absolute atomic E-state index is 13.5. The molecule has 1 aliphatic rings. The number of amides is 1. The van der Waals surface area contributed by atoms with Crippen molar-refractivity contribution in [3.63, 3.8) is 0 Å². The molecular weight excluding hydrogens is 519 g/mol. The van der Waals surface area contributed by atoms with E-state index in [2.05, 4.69) is 26.4 Å². The molecule has 0 saturated heterocycles. The van der Waals surface area contributed by atoms with Gasteiger partial charge in [-0.15, -0.1) is 15.3 Å². The summed E-state index contributed by atoms with van der Waals surface area (Å²) in [5.41, 5.74) is -5.66. The molecule has 2 aromatic rings. The van der Waals surface area contributed by atoms with Crippen LogP contribution in [-0.4, -0.2) is 58.4 Å². The molecule has 0 unspecified atom stereocenters. The fourth-order valence-electron chi connectivity index (χ4n) is 3.96. The first-order valence-corrected chi connectivity index (χ1v) is 13.1. The minimum Gasteiger partial charge on any atom is -0.462 e. The lowest BCUT2D eigenvalue weighted by Crippen LogP contribution is -2.43. The molecule has 0 aliphatic heterocycles. The van der Waals surface area contributed by atoms with Gasteiger partial charge in [-0.3, -0.25) is 9.69 Å². The van der Waals surface area contributed by atoms with Gasteiger partial charge in [0.1, 0.15) is 5.56 Å². The second-order valence-electron chi connectivity index (χ2n) is 9.00.